The van der Waals surface area contributed by atoms with E-state index in [0.717, 1.165) is 10.2 Å². The monoisotopic (exact) mass is 278 g/mol. The Labute approximate surface area is 104 Å². The summed E-state index contributed by atoms with van der Waals surface area (Å²) in [5.74, 6) is 0.434. The van der Waals surface area contributed by atoms with Gasteiger partial charge in [-0.05, 0) is 17.5 Å². The van der Waals surface area contributed by atoms with Gasteiger partial charge in [0.05, 0.1) is 5.69 Å². The molecule has 0 unspecified atom stereocenters. The lowest BCUT2D eigenvalue weighted by Gasteiger charge is -2.06. The van der Waals surface area contributed by atoms with Crippen LogP contribution in [0, 0.1) is 0 Å². The Hall–Kier alpha value is -1.09. The van der Waals surface area contributed by atoms with Crippen molar-refractivity contribution in [1.82, 2.24) is 9.78 Å². The maximum atomic E-state index is 4.52. The van der Waals surface area contributed by atoms with E-state index in [4.69, 9.17) is 0 Å². The van der Waals surface area contributed by atoms with Crippen LogP contribution >= 0.6 is 15.9 Å². The van der Waals surface area contributed by atoms with Gasteiger partial charge in [0, 0.05) is 23.3 Å². The fourth-order valence-corrected chi connectivity index (χ4v) is 2.32. The van der Waals surface area contributed by atoms with Gasteiger partial charge < -0.3 is 0 Å². The molecule has 84 valence electrons. The van der Waals surface area contributed by atoms with Crippen molar-refractivity contribution in [1.29, 1.82) is 0 Å². The summed E-state index contributed by atoms with van der Waals surface area (Å²) in [6.07, 6.45) is 2.08. The van der Waals surface area contributed by atoms with Crippen LogP contribution in [0.15, 0.2) is 34.9 Å². The van der Waals surface area contributed by atoms with Gasteiger partial charge in [-0.3, -0.25) is 4.68 Å². The molecule has 0 aliphatic heterocycles. The molecule has 0 saturated carbocycles. The van der Waals surface area contributed by atoms with Gasteiger partial charge in [0.1, 0.15) is 0 Å². The quantitative estimate of drug-likeness (QED) is 0.813. The second-order valence-electron chi connectivity index (χ2n) is 4.24. The first-order valence-corrected chi connectivity index (χ1v) is 6.17. The summed E-state index contributed by atoms with van der Waals surface area (Å²) >= 11 is 3.59. The molecule has 0 saturated heterocycles. The fourth-order valence-electron chi connectivity index (χ4n) is 1.82. The predicted molar refractivity (Wildman–Crippen MR) is 70.4 cm³/mol. The first-order valence-electron chi connectivity index (χ1n) is 5.38. The highest BCUT2D eigenvalue weighted by atomic mass is 79.9. The first-order chi connectivity index (χ1) is 7.59. The van der Waals surface area contributed by atoms with Crippen molar-refractivity contribution < 1.29 is 0 Å². The molecule has 2 rings (SSSR count). The van der Waals surface area contributed by atoms with Crippen LogP contribution in [0.2, 0.25) is 0 Å². The molecular weight excluding hydrogens is 264 g/mol. The molecule has 0 radical (unpaired) electrons. The zero-order valence-corrected chi connectivity index (χ0v) is 11.3. The smallest absolute Gasteiger partial charge is 0.0728 e. The van der Waals surface area contributed by atoms with E-state index < -0.39 is 0 Å². The second-order valence-corrected chi connectivity index (χ2v) is 5.09. The van der Waals surface area contributed by atoms with Gasteiger partial charge in [0.2, 0.25) is 0 Å². The van der Waals surface area contributed by atoms with Crippen LogP contribution in [0.3, 0.4) is 0 Å². The van der Waals surface area contributed by atoms with E-state index in [2.05, 4.69) is 59.3 Å². The SMILES string of the molecule is CC(C)c1nn(C)cc1-c1ccccc1Br. The zero-order valence-electron chi connectivity index (χ0n) is 9.74. The molecule has 0 spiro atoms. The molecule has 0 atom stereocenters. The Bertz CT molecular complexity index is 500. The van der Waals surface area contributed by atoms with E-state index >= 15 is 0 Å². The Kier molecular flexibility index (Phi) is 3.15. The van der Waals surface area contributed by atoms with Crippen LogP contribution in [0.25, 0.3) is 11.1 Å². The van der Waals surface area contributed by atoms with E-state index in [1.54, 1.807) is 0 Å². The van der Waals surface area contributed by atoms with Crippen molar-refractivity contribution in [3.8, 4) is 11.1 Å². The van der Waals surface area contributed by atoms with Crippen LogP contribution < -0.4 is 0 Å². The molecule has 0 amide bonds. The van der Waals surface area contributed by atoms with E-state index in [0.29, 0.717) is 5.92 Å². The highest BCUT2D eigenvalue weighted by Gasteiger charge is 2.14. The molecule has 1 heterocycles. The second kappa shape index (κ2) is 4.42. The molecule has 0 aliphatic carbocycles. The third-order valence-corrected chi connectivity index (χ3v) is 3.26. The first kappa shape index (κ1) is 11.4. The third kappa shape index (κ3) is 2.05. The van der Waals surface area contributed by atoms with Crippen LogP contribution in [-0.2, 0) is 7.05 Å². The van der Waals surface area contributed by atoms with Gasteiger partial charge in [0.15, 0.2) is 0 Å². The number of aryl methyl sites for hydroxylation is 1. The minimum Gasteiger partial charge on any atom is -0.275 e. The number of halogens is 1. The molecule has 1 aromatic heterocycles. The Morgan fingerprint density at radius 2 is 1.88 bits per heavy atom. The average molecular weight is 279 g/mol. The summed E-state index contributed by atoms with van der Waals surface area (Å²) in [6.45, 7) is 4.34. The van der Waals surface area contributed by atoms with E-state index in [-0.39, 0.29) is 0 Å². The minimum absolute atomic E-state index is 0.434. The molecule has 2 nitrogen and oxygen atoms in total. The zero-order chi connectivity index (χ0) is 11.7. The summed E-state index contributed by atoms with van der Waals surface area (Å²) in [6, 6.07) is 8.26. The maximum absolute atomic E-state index is 4.52. The molecule has 0 N–H and O–H groups in total. The number of aromatic nitrogens is 2. The summed E-state index contributed by atoms with van der Waals surface area (Å²) in [4.78, 5) is 0. The van der Waals surface area contributed by atoms with Crippen molar-refractivity contribution in [2.24, 2.45) is 7.05 Å². The lowest BCUT2D eigenvalue weighted by molar-refractivity contribution is 0.713. The summed E-state index contributed by atoms with van der Waals surface area (Å²) in [5.41, 5.74) is 3.57. The standard InChI is InChI=1S/C13H15BrN2/c1-9(2)13-11(8-16(3)15-13)10-6-4-5-7-12(10)14/h4-9H,1-3H3. The number of benzene rings is 1. The highest BCUT2D eigenvalue weighted by molar-refractivity contribution is 9.10. The highest BCUT2D eigenvalue weighted by Crippen LogP contribution is 2.32. The number of nitrogens with zero attached hydrogens (tertiary/aromatic N) is 2. The lowest BCUT2D eigenvalue weighted by atomic mass is 10.0. The molecule has 3 heteroatoms. The molecule has 16 heavy (non-hydrogen) atoms. The number of hydrogen-bond acceptors (Lipinski definition) is 1. The largest absolute Gasteiger partial charge is 0.275 e. The predicted octanol–water partition coefficient (Wildman–Crippen LogP) is 3.97. The van der Waals surface area contributed by atoms with Crippen molar-refractivity contribution in [3.05, 3.63) is 40.6 Å². The van der Waals surface area contributed by atoms with Gasteiger partial charge >= 0.3 is 0 Å². The average Bonchev–Trinajstić information content (AvgIpc) is 2.61. The van der Waals surface area contributed by atoms with E-state index in [9.17, 15) is 0 Å². The summed E-state index contributed by atoms with van der Waals surface area (Å²) in [7, 11) is 1.96. The van der Waals surface area contributed by atoms with Crippen molar-refractivity contribution in [3.63, 3.8) is 0 Å². The van der Waals surface area contributed by atoms with Gasteiger partial charge in [-0.1, -0.05) is 48.0 Å². The van der Waals surface area contributed by atoms with Crippen LogP contribution in [0.4, 0.5) is 0 Å². The van der Waals surface area contributed by atoms with Crippen molar-refractivity contribution in [2.45, 2.75) is 19.8 Å². The molecule has 2 aromatic rings. The summed E-state index contributed by atoms with van der Waals surface area (Å²) < 4.78 is 2.99. The van der Waals surface area contributed by atoms with E-state index in [1.165, 1.54) is 11.1 Å². The minimum atomic E-state index is 0.434. The van der Waals surface area contributed by atoms with Crippen molar-refractivity contribution >= 4 is 15.9 Å². The maximum Gasteiger partial charge on any atom is 0.0728 e. The van der Waals surface area contributed by atoms with Crippen LogP contribution in [-0.4, -0.2) is 9.78 Å². The molecule has 1 aromatic carbocycles. The number of hydrogen-bond donors (Lipinski definition) is 0. The molecule has 0 fully saturated rings. The van der Waals surface area contributed by atoms with Gasteiger partial charge in [-0.2, -0.15) is 5.10 Å². The Balaban J connectivity index is 2.60. The normalized spacial score (nSPS) is 11.1. The summed E-state index contributed by atoms with van der Waals surface area (Å²) in [5, 5.41) is 4.52. The number of rotatable bonds is 2. The molecule has 0 bridgehead atoms. The van der Waals surface area contributed by atoms with Gasteiger partial charge in [0.25, 0.3) is 0 Å². The van der Waals surface area contributed by atoms with E-state index in [1.807, 2.05) is 17.8 Å². The lowest BCUT2D eigenvalue weighted by Crippen LogP contribution is -1.93. The Morgan fingerprint density at radius 1 is 1.19 bits per heavy atom. The van der Waals surface area contributed by atoms with Crippen molar-refractivity contribution in [2.75, 3.05) is 0 Å². The molecular formula is C13H15BrN2. The van der Waals surface area contributed by atoms with Gasteiger partial charge in [-0.25, -0.2) is 0 Å². The fraction of sp³-hybridized carbons (Fsp3) is 0.308. The topological polar surface area (TPSA) is 17.8 Å². The van der Waals surface area contributed by atoms with Crippen LogP contribution in [0.1, 0.15) is 25.5 Å². The van der Waals surface area contributed by atoms with Crippen LogP contribution in [0.5, 0.6) is 0 Å². The Morgan fingerprint density at radius 3 is 2.50 bits per heavy atom. The molecule has 0 aliphatic rings. The van der Waals surface area contributed by atoms with Gasteiger partial charge in [-0.15, -0.1) is 0 Å². The third-order valence-electron chi connectivity index (χ3n) is 2.57.